The summed E-state index contributed by atoms with van der Waals surface area (Å²) in [6.07, 6.45) is 6.60. The fourth-order valence-corrected chi connectivity index (χ4v) is 2.17. The molecule has 0 radical (unpaired) electrons. The predicted molar refractivity (Wildman–Crippen MR) is 65.9 cm³/mol. The molecular weight excluding hydrogens is 232 g/mol. The number of aromatic nitrogens is 3. The lowest BCUT2D eigenvalue weighted by Crippen LogP contribution is -2.37. The highest BCUT2D eigenvalue weighted by Crippen LogP contribution is 2.09. The van der Waals surface area contributed by atoms with Gasteiger partial charge in [0, 0.05) is 25.9 Å². The minimum atomic E-state index is 0.119. The van der Waals surface area contributed by atoms with E-state index in [1.165, 1.54) is 6.42 Å². The van der Waals surface area contributed by atoms with Crippen molar-refractivity contribution < 1.29 is 9.90 Å². The largest absolute Gasteiger partial charge is 0.396 e. The molecule has 0 atom stereocenters. The molecule has 18 heavy (non-hydrogen) atoms. The molecule has 1 aromatic heterocycles. The fourth-order valence-electron chi connectivity index (χ4n) is 2.17. The maximum Gasteiger partial charge on any atom is 0.244 e. The van der Waals surface area contributed by atoms with E-state index in [4.69, 9.17) is 5.11 Å². The molecule has 6 nitrogen and oxygen atoms in total. The molecule has 1 aromatic rings. The van der Waals surface area contributed by atoms with E-state index in [2.05, 4.69) is 10.3 Å². The minimum absolute atomic E-state index is 0.119. The predicted octanol–water partition coefficient (Wildman–Crippen LogP) is 0.215. The number of aryl methyl sites for hydroxylation is 1. The zero-order valence-electron chi connectivity index (χ0n) is 10.6. The zero-order valence-corrected chi connectivity index (χ0v) is 10.6. The molecule has 1 saturated heterocycles. The van der Waals surface area contributed by atoms with Gasteiger partial charge in [0.15, 0.2) is 0 Å². The second-order valence-corrected chi connectivity index (χ2v) is 4.68. The molecule has 0 aliphatic carbocycles. The Balaban J connectivity index is 1.84. The smallest absolute Gasteiger partial charge is 0.244 e. The van der Waals surface area contributed by atoms with Crippen molar-refractivity contribution in [2.24, 2.45) is 0 Å². The van der Waals surface area contributed by atoms with Crippen LogP contribution in [0.1, 0.15) is 31.4 Å². The Morgan fingerprint density at radius 2 is 2.11 bits per heavy atom. The summed E-state index contributed by atoms with van der Waals surface area (Å²) < 4.78 is 1.59. The van der Waals surface area contributed by atoms with Crippen molar-refractivity contribution in [3.63, 3.8) is 0 Å². The molecule has 1 aliphatic rings. The molecule has 0 spiro atoms. The van der Waals surface area contributed by atoms with Gasteiger partial charge in [0.2, 0.25) is 5.91 Å². The van der Waals surface area contributed by atoms with Crippen LogP contribution in [0.15, 0.2) is 6.20 Å². The number of piperidine rings is 1. The molecule has 1 aliphatic heterocycles. The number of hydrogen-bond acceptors (Lipinski definition) is 4. The van der Waals surface area contributed by atoms with Gasteiger partial charge in [-0.1, -0.05) is 5.21 Å². The lowest BCUT2D eigenvalue weighted by molar-refractivity contribution is -0.132. The number of carbonyl (C=O) groups excluding carboxylic acids is 1. The number of carbonyl (C=O) groups is 1. The van der Waals surface area contributed by atoms with Crippen molar-refractivity contribution in [3.05, 3.63) is 11.9 Å². The van der Waals surface area contributed by atoms with Crippen LogP contribution in [-0.2, 0) is 17.8 Å². The number of aliphatic hydroxyl groups excluding tert-OH is 1. The summed E-state index contributed by atoms with van der Waals surface area (Å²) in [5, 5.41) is 16.7. The average molecular weight is 252 g/mol. The molecule has 1 amide bonds. The number of rotatable bonds is 5. The topological polar surface area (TPSA) is 71.2 Å². The second kappa shape index (κ2) is 6.49. The Bertz CT molecular complexity index is 385. The Hall–Kier alpha value is -1.43. The highest BCUT2D eigenvalue weighted by molar-refractivity contribution is 5.75. The summed E-state index contributed by atoms with van der Waals surface area (Å²) in [4.78, 5) is 13.9. The van der Waals surface area contributed by atoms with Crippen molar-refractivity contribution >= 4 is 5.91 Å². The highest BCUT2D eigenvalue weighted by atomic mass is 16.2. The Morgan fingerprint density at radius 1 is 1.33 bits per heavy atom. The van der Waals surface area contributed by atoms with Crippen LogP contribution >= 0.6 is 0 Å². The van der Waals surface area contributed by atoms with Crippen LogP contribution in [0.5, 0.6) is 0 Å². The van der Waals surface area contributed by atoms with E-state index in [-0.39, 0.29) is 19.1 Å². The summed E-state index contributed by atoms with van der Waals surface area (Å²) in [6.45, 7) is 2.15. The molecule has 1 N–H and O–H groups in total. The standard InChI is InChI=1S/C12H20N4O2/c17-8-4-5-11-9-16(14-13-11)10-12(18)15-6-2-1-3-7-15/h9,17H,1-8,10H2. The van der Waals surface area contributed by atoms with Crippen molar-refractivity contribution in [1.82, 2.24) is 19.9 Å². The summed E-state index contributed by atoms with van der Waals surface area (Å²) >= 11 is 0. The fraction of sp³-hybridized carbons (Fsp3) is 0.750. The van der Waals surface area contributed by atoms with E-state index in [1.807, 2.05) is 4.90 Å². The lowest BCUT2D eigenvalue weighted by Gasteiger charge is -2.26. The third-order valence-corrected chi connectivity index (χ3v) is 3.18. The van der Waals surface area contributed by atoms with Crippen molar-refractivity contribution in [2.45, 2.75) is 38.6 Å². The van der Waals surface area contributed by atoms with Crippen LogP contribution in [0, 0.1) is 0 Å². The van der Waals surface area contributed by atoms with E-state index in [1.54, 1.807) is 10.9 Å². The van der Waals surface area contributed by atoms with E-state index in [0.29, 0.717) is 12.8 Å². The van der Waals surface area contributed by atoms with Crippen LogP contribution in [0.3, 0.4) is 0 Å². The highest BCUT2D eigenvalue weighted by Gasteiger charge is 2.17. The molecule has 2 heterocycles. The first-order valence-electron chi connectivity index (χ1n) is 6.57. The van der Waals surface area contributed by atoms with E-state index in [9.17, 15) is 4.79 Å². The molecule has 2 rings (SSSR count). The third-order valence-electron chi connectivity index (χ3n) is 3.18. The molecule has 0 unspecified atom stereocenters. The van der Waals surface area contributed by atoms with Crippen molar-refractivity contribution in [1.29, 1.82) is 0 Å². The van der Waals surface area contributed by atoms with Gasteiger partial charge in [0.1, 0.15) is 6.54 Å². The summed E-state index contributed by atoms with van der Waals surface area (Å²) in [7, 11) is 0. The van der Waals surface area contributed by atoms with Gasteiger partial charge in [-0.15, -0.1) is 5.10 Å². The number of amides is 1. The normalized spacial score (nSPS) is 15.9. The van der Waals surface area contributed by atoms with Gasteiger partial charge in [0.05, 0.1) is 5.69 Å². The SMILES string of the molecule is O=C(Cn1cc(CCCO)nn1)N1CCCCC1. The Kier molecular flexibility index (Phi) is 4.69. The Morgan fingerprint density at radius 3 is 2.83 bits per heavy atom. The van der Waals surface area contributed by atoms with Crippen LogP contribution in [0.25, 0.3) is 0 Å². The lowest BCUT2D eigenvalue weighted by atomic mass is 10.1. The van der Waals surface area contributed by atoms with Gasteiger partial charge < -0.3 is 10.0 Å². The van der Waals surface area contributed by atoms with Crippen LogP contribution in [0.2, 0.25) is 0 Å². The monoisotopic (exact) mass is 252 g/mol. The first-order chi connectivity index (χ1) is 8.79. The number of nitrogens with zero attached hydrogens (tertiary/aromatic N) is 4. The first-order valence-corrected chi connectivity index (χ1v) is 6.57. The molecule has 0 aromatic carbocycles. The molecule has 0 bridgehead atoms. The van der Waals surface area contributed by atoms with Gasteiger partial charge in [-0.05, 0) is 32.1 Å². The third kappa shape index (κ3) is 3.53. The maximum atomic E-state index is 12.0. The van der Waals surface area contributed by atoms with E-state index in [0.717, 1.165) is 31.6 Å². The minimum Gasteiger partial charge on any atom is -0.396 e. The van der Waals surface area contributed by atoms with Gasteiger partial charge in [-0.2, -0.15) is 0 Å². The van der Waals surface area contributed by atoms with E-state index < -0.39 is 0 Å². The van der Waals surface area contributed by atoms with Crippen molar-refractivity contribution in [3.8, 4) is 0 Å². The summed E-state index contributed by atoms with van der Waals surface area (Å²) in [5.74, 6) is 0.119. The van der Waals surface area contributed by atoms with Gasteiger partial charge in [-0.3, -0.25) is 4.79 Å². The van der Waals surface area contributed by atoms with Gasteiger partial charge in [0.25, 0.3) is 0 Å². The Labute approximate surface area is 107 Å². The van der Waals surface area contributed by atoms with Crippen LogP contribution in [0.4, 0.5) is 0 Å². The van der Waals surface area contributed by atoms with Gasteiger partial charge in [-0.25, -0.2) is 4.68 Å². The summed E-state index contributed by atoms with van der Waals surface area (Å²) in [6, 6.07) is 0. The van der Waals surface area contributed by atoms with Crippen molar-refractivity contribution in [2.75, 3.05) is 19.7 Å². The summed E-state index contributed by atoms with van der Waals surface area (Å²) in [5.41, 5.74) is 0.829. The maximum absolute atomic E-state index is 12.0. The quantitative estimate of drug-likeness (QED) is 0.813. The molecule has 0 saturated carbocycles. The molecular formula is C12H20N4O2. The zero-order chi connectivity index (χ0) is 12.8. The number of hydrogen-bond donors (Lipinski definition) is 1. The van der Waals surface area contributed by atoms with Crippen LogP contribution in [-0.4, -0.2) is 50.6 Å². The van der Waals surface area contributed by atoms with Gasteiger partial charge >= 0.3 is 0 Å². The average Bonchev–Trinajstić information content (AvgIpc) is 2.85. The molecule has 100 valence electrons. The molecule has 6 heteroatoms. The number of likely N-dealkylation sites (tertiary alicyclic amines) is 1. The first kappa shape index (κ1) is 13.0. The van der Waals surface area contributed by atoms with Crippen LogP contribution < -0.4 is 0 Å². The molecule has 1 fully saturated rings. The second-order valence-electron chi connectivity index (χ2n) is 4.68. The number of aliphatic hydroxyl groups is 1. The van der Waals surface area contributed by atoms with E-state index >= 15 is 0 Å².